The van der Waals surface area contributed by atoms with Gasteiger partial charge in [0.2, 0.25) is 0 Å². The number of nitrogens with zero attached hydrogens (tertiary/aromatic N) is 2. The molecule has 0 bridgehead atoms. The molecule has 2 nitrogen and oxygen atoms in total. The average molecular weight is 353 g/mol. The van der Waals surface area contributed by atoms with Gasteiger partial charge in [0.05, 0.1) is 5.56 Å². The molecule has 0 radical (unpaired) electrons. The fourth-order valence-electron chi connectivity index (χ4n) is 1.94. The minimum absolute atomic E-state index is 0.201. The lowest BCUT2D eigenvalue weighted by Crippen LogP contribution is -2.23. The van der Waals surface area contributed by atoms with Gasteiger partial charge in [0, 0.05) is 24.6 Å². The van der Waals surface area contributed by atoms with Crippen LogP contribution in [0.2, 0.25) is 0 Å². The van der Waals surface area contributed by atoms with E-state index in [1.165, 1.54) is 12.1 Å². The highest BCUT2D eigenvalue weighted by molar-refractivity contribution is 9.08. The normalized spacial score (nSPS) is 12.0. The Balaban J connectivity index is 2.86. The molecule has 0 aliphatic rings. The van der Waals surface area contributed by atoms with Gasteiger partial charge in [-0.2, -0.15) is 13.2 Å². The molecule has 114 valence electrons. The van der Waals surface area contributed by atoms with Gasteiger partial charge in [-0.05, 0) is 44.8 Å². The van der Waals surface area contributed by atoms with Crippen LogP contribution in [0.4, 0.5) is 18.9 Å². The van der Waals surface area contributed by atoms with Crippen molar-refractivity contribution in [2.24, 2.45) is 0 Å². The van der Waals surface area contributed by atoms with Crippen molar-refractivity contribution >= 4 is 21.6 Å². The van der Waals surface area contributed by atoms with Crippen LogP contribution in [-0.4, -0.2) is 39.1 Å². The highest BCUT2D eigenvalue weighted by atomic mass is 79.9. The third-order valence-corrected chi connectivity index (χ3v) is 3.69. The van der Waals surface area contributed by atoms with Crippen LogP contribution in [0.25, 0.3) is 0 Å². The van der Waals surface area contributed by atoms with E-state index < -0.39 is 11.7 Å². The van der Waals surface area contributed by atoms with E-state index in [-0.39, 0.29) is 10.9 Å². The van der Waals surface area contributed by atoms with Gasteiger partial charge in [-0.3, -0.25) is 0 Å². The lowest BCUT2D eigenvalue weighted by atomic mass is 10.1. The second-order valence-corrected chi connectivity index (χ2v) is 5.61. The van der Waals surface area contributed by atoms with Gasteiger partial charge in [0.25, 0.3) is 0 Å². The Bertz CT molecular complexity index is 433. The average Bonchev–Trinajstić information content (AvgIpc) is 2.36. The van der Waals surface area contributed by atoms with Gasteiger partial charge in [-0.1, -0.05) is 22.0 Å². The maximum atomic E-state index is 13.0. The lowest BCUT2D eigenvalue weighted by molar-refractivity contribution is -0.138. The van der Waals surface area contributed by atoms with E-state index in [4.69, 9.17) is 0 Å². The Kier molecular flexibility index (Phi) is 6.33. The maximum absolute atomic E-state index is 13.0. The zero-order chi connectivity index (χ0) is 15.3. The topological polar surface area (TPSA) is 6.48 Å². The van der Waals surface area contributed by atoms with Crippen molar-refractivity contribution in [2.75, 3.05) is 39.1 Å². The van der Waals surface area contributed by atoms with Gasteiger partial charge >= 0.3 is 6.18 Å². The lowest BCUT2D eigenvalue weighted by Gasteiger charge is -2.22. The summed E-state index contributed by atoms with van der Waals surface area (Å²) in [5, 5.41) is 0.201. The van der Waals surface area contributed by atoms with E-state index in [1.807, 2.05) is 26.0 Å². The Morgan fingerprint density at radius 2 is 1.75 bits per heavy atom. The molecule has 0 amide bonds. The predicted molar refractivity (Wildman–Crippen MR) is 80.5 cm³/mol. The molecule has 0 saturated heterocycles. The number of rotatable bonds is 6. The molecule has 0 unspecified atom stereocenters. The summed E-state index contributed by atoms with van der Waals surface area (Å²) in [6, 6.07) is 4.50. The van der Waals surface area contributed by atoms with Crippen LogP contribution in [0.1, 0.15) is 17.5 Å². The first-order chi connectivity index (χ1) is 9.25. The molecule has 0 aromatic heterocycles. The van der Waals surface area contributed by atoms with Crippen molar-refractivity contribution < 1.29 is 13.2 Å². The van der Waals surface area contributed by atoms with E-state index >= 15 is 0 Å². The summed E-state index contributed by atoms with van der Waals surface area (Å²) in [7, 11) is 5.78. The molecule has 0 N–H and O–H groups in total. The van der Waals surface area contributed by atoms with E-state index in [9.17, 15) is 13.2 Å². The van der Waals surface area contributed by atoms with Crippen LogP contribution < -0.4 is 4.90 Å². The first-order valence-corrected chi connectivity index (χ1v) is 7.49. The number of anilines is 1. The second-order valence-electron chi connectivity index (χ2n) is 5.05. The number of hydrogen-bond acceptors (Lipinski definition) is 2. The van der Waals surface area contributed by atoms with Crippen molar-refractivity contribution in [1.29, 1.82) is 0 Å². The fraction of sp³-hybridized carbons (Fsp3) is 0.571. The van der Waals surface area contributed by atoms with Crippen molar-refractivity contribution in [2.45, 2.75) is 17.9 Å². The molecule has 0 saturated carbocycles. The fourth-order valence-corrected chi connectivity index (χ4v) is 2.42. The standard InChI is InChI=1S/C14H20BrF3N2/c1-19(2)7-4-8-20(3)12-6-5-11(10-15)13(9-12)14(16,17)18/h5-6,9H,4,7-8,10H2,1-3H3. The maximum Gasteiger partial charge on any atom is 0.416 e. The molecule has 0 atom stereocenters. The van der Waals surface area contributed by atoms with E-state index in [1.54, 1.807) is 6.07 Å². The van der Waals surface area contributed by atoms with Crippen LogP contribution in [-0.2, 0) is 11.5 Å². The van der Waals surface area contributed by atoms with Crippen molar-refractivity contribution in [3.63, 3.8) is 0 Å². The molecule has 6 heteroatoms. The Hall–Kier alpha value is -0.750. The molecule has 1 aromatic carbocycles. The molecule has 0 aliphatic heterocycles. The first kappa shape index (κ1) is 17.3. The predicted octanol–water partition coefficient (Wildman–Crippen LogP) is 3.99. The van der Waals surface area contributed by atoms with Crippen molar-refractivity contribution in [3.05, 3.63) is 29.3 Å². The quantitative estimate of drug-likeness (QED) is 0.714. The van der Waals surface area contributed by atoms with Gasteiger partial charge < -0.3 is 9.80 Å². The summed E-state index contributed by atoms with van der Waals surface area (Å²) in [5.74, 6) is 0. The molecule has 0 fully saturated rings. The second kappa shape index (κ2) is 7.31. The van der Waals surface area contributed by atoms with Crippen LogP contribution >= 0.6 is 15.9 Å². The summed E-state index contributed by atoms with van der Waals surface area (Å²) in [6.07, 6.45) is -3.41. The SMILES string of the molecule is CN(C)CCCN(C)c1ccc(CBr)c(C(F)(F)F)c1. The van der Waals surface area contributed by atoms with Crippen LogP contribution in [0.15, 0.2) is 18.2 Å². The molecule has 0 aliphatic carbocycles. The van der Waals surface area contributed by atoms with Gasteiger partial charge in [0.1, 0.15) is 0 Å². The monoisotopic (exact) mass is 352 g/mol. The Morgan fingerprint density at radius 3 is 2.25 bits per heavy atom. The summed E-state index contributed by atoms with van der Waals surface area (Å²) < 4.78 is 39.0. The Morgan fingerprint density at radius 1 is 1.10 bits per heavy atom. The highest BCUT2D eigenvalue weighted by Crippen LogP contribution is 2.35. The zero-order valence-corrected chi connectivity index (χ0v) is 13.6. The third-order valence-electron chi connectivity index (χ3n) is 3.08. The minimum atomic E-state index is -4.32. The van der Waals surface area contributed by atoms with Crippen LogP contribution in [0.5, 0.6) is 0 Å². The van der Waals surface area contributed by atoms with E-state index in [0.717, 1.165) is 19.5 Å². The van der Waals surface area contributed by atoms with Crippen molar-refractivity contribution in [3.8, 4) is 0 Å². The summed E-state index contributed by atoms with van der Waals surface area (Å²) in [6.45, 7) is 1.64. The smallest absolute Gasteiger partial charge is 0.375 e. The molecule has 20 heavy (non-hydrogen) atoms. The van der Waals surface area contributed by atoms with Gasteiger partial charge in [-0.25, -0.2) is 0 Å². The third kappa shape index (κ3) is 4.98. The minimum Gasteiger partial charge on any atom is -0.375 e. The summed E-state index contributed by atoms with van der Waals surface area (Å²) in [4.78, 5) is 3.92. The van der Waals surface area contributed by atoms with E-state index in [0.29, 0.717) is 5.69 Å². The largest absolute Gasteiger partial charge is 0.416 e. The number of hydrogen-bond donors (Lipinski definition) is 0. The van der Waals surface area contributed by atoms with Crippen molar-refractivity contribution in [1.82, 2.24) is 4.90 Å². The Labute approximate surface area is 126 Å². The molecule has 1 aromatic rings. The summed E-state index contributed by atoms with van der Waals surface area (Å²) in [5.41, 5.74) is 0.301. The molecule has 1 rings (SSSR count). The molecule has 0 spiro atoms. The van der Waals surface area contributed by atoms with Gasteiger partial charge in [0.15, 0.2) is 0 Å². The van der Waals surface area contributed by atoms with E-state index in [2.05, 4.69) is 20.8 Å². The number of alkyl halides is 4. The highest BCUT2D eigenvalue weighted by Gasteiger charge is 2.33. The summed E-state index contributed by atoms with van der Waals surface area (Å²) >= 11 is 3.10. The first-order valence-electron chi connectivity index (χ1n) is 6.37. The van der Waals surface area contributed by atoms with Gasteiger partial charge in [-0.15, -0.1) is 0 Å². The number of benzene rings is 1. The molecular formula is C14H20BrF3N2. The molecular weight excluding hydrogens is 333 g/mol. The number of halogens is 4. The van der Waals surface area contributed by atoms with Crippen LogP contribution in [0.3, 0.4) is 0 Å². The zero-order valence-electron chi connectivity index (χ0n) is 12.0. The molecule has 0 heterocycles. The van der Waals surface area contributed by atoms with Crippen LogP contribution in [0, 0.1) is 0 Å².